The summed E-state index contributed by atoms with van der Waals surface area (Å²) >= 11 is 3.04. The number of rotatable bonds is 4. The Morgan fingerprint density at radius 2 is 2.43 bits per heavy atom. The second kappa shape index (κ2) is 6.70. The van der Waals surface area contributed by atoms with E-state index in [0.717, 1.165) is 4.57 Å². The fraction of sp³-hybridized carbons (Fsp3) is 0.455. The molecule has 112 valence electrons. The van der Waals surface area contributed by atoms with Gasteiger partial charge in [0.1, 0.15) is 12.9 Å². The molecule has 21 heavy (non-hydrogen) atoms. The summed E-state index contributed by atoms with van der Waals surface area (Å²) in [6.45, 7) is -0.827. The first-order chi connectivity index (χ1) is 10.1. The van der Waals surface area contributed by atoms with Crippen molar-refractivity contribution in [2.75, 3.05) is 6.67 Å². The predicted molar refractivity (Wildman–Crippen MR) is 76.7 cm³/mol. The minimum absolute atomic E-state index is 0.155. The lowest BCUT2D eigenvalue weighted by Gasteiger charge is -2.14. The molecule has 1 aromatic heterocycles. The van der Waals surface area contributed by atoms with Gasteiger partial charge in [0.2, 0.25) is 0 Å². The van der Waals surface area contributed by atoms with E-state index in [9.17, 15) is 14.0 Å². The number of aromatic amines is 1. The van der Waals surface area contributed by atoms with E-state index >= 15 is 0 Å². The molecule has 1 aromatic rings. The summed E-state index contributed by atoms with van der Waals surface area (Å²) in [5.41, 5.74) is 7.47. The molecule has 2 heterocycles. The van der Waals surface area contributed by atoms with Crippen molar-refractivity contribution >= 4 is 22.0 Å². The minimum atomic E-state index is -0.903. The van der Waals surface area contributed by atoms with Crippen LogP contribution < -0.4 is 11.2 Å². The molecule has 0 aliphatic carbocycles. The van der Waals surface area contributed by atoms with E-state index in [0.29, 0.717) is 0 Å². The molecule has 10 heteroatoms. The number of ether oxygens (including phenoxy) is 1. The van der Waals surface area contributed by atoms with Crippen molar-refractivity contribution in [2.24, 2.45) is 5.11 Å². The van der Waals surface area contributed by atoms with Crippen molar-refractivity contribution in [2.45, 2.75) is 24.8 Å². The lowest BCUT2D eigenvalue weighted by molar-refractivity contribution is -0.0129. The molecule has 1 N–H and O–H groups in total. The first kappa shape index (κ1) is 15.5. The van der Waals surface area contributed by atoms with Gasteiger partial charge in [-0.3, -0.25) is 14.3 Å². The number of alkyl halides is 1. The standard InChI is InChI=1S/C11H11BrFN5O3/c12-2-1-6-5-18(11(20)15-10(6)19)9-3-7(16-17-14)8(4-13)21-9/h1-2,5,7-9H,3-4H2,(H,15,19,20)/b2-1+/t7-,8+,9+/m0/s1. The first-order valence-electron chi connectivity index (χ1n) is 5.98. The smallest absolute Gasteiger partial charge is 0.330 e. The van der Waals surface area contributed by atoms with Gasteiger partial charge in [0.15, 0.2) is 0 Å². The second-order valence-electron chi connectivity index (χ2n) is 4.34. The lowest BCUT2D eigenvalue weighted by Crippen LogP contribution is -2.33. The van der Waals surface area contributed by atoms with Crippen LogP contribution in [0.4, 0.5) is 4.39 Å². The molecule has 1 saturated heterocycles. The quantitative estimate of drug-likeness (QED) is 0.502. The van der Waals surface area contributed by atoms with Gasteiger partial charge in [0.05, 0.1) is 17.7 Å². The zero-order chi connectivity index (χ0) is 15.4. The first-order valence-corrected chi connectivity index (χ1v) is 6.90. The van der Waals surface area contributed by atoms with Crippen LogP contribution in [-0.2, 0) is 4.74 Å². The van der Waals surface area contributed by atoms with E-state index in [1.54, 1.807) is 0 Å². The van der Waals surface area contributed by atoms with Crippen LogP contribution in [0.5, 0.6) is 0 Å². The summed E-state index contributed by atoms with van der Waals surface area (Å²) in [5, 5.41) is 3.46. The summed E-state index contributed by atoms with van der Waals surface area (Å²) in [6, 6.07) is -0.695. The fourth-order valence-electron chi connectivity index (χ4n) is 2.11. The highest BCUT2D eigenvalue weighted by Crippen LogP contribution is 2.30. The van der Waals surface area contributed by atoms with Gasteiger partial charge in [0, 0.05) is 17.5 Å². The summed E-state index contributed by atoms with van der Waals surface area (Å²) in [6.07, 6.45) is 1.23. The zero-order valence-corrected chi connectivity index (χ0v) is 12.2. The molecule has 1 aliphatic rings. The van der Waals surface area contributed by atoms with Crippen molar-refractivity contribution in [1.29, 1.82) is 0 Å². The predicted octanol–water partition coefficient (Wildman–Crippen LogP) is 1.84. The molecule has 8 nitrogen and oxygen atoms in total. The third kappa shape index (κ3) is 3.23. The summed E-state index contributed by atoms with van der Waals surface area (Å²) < 4.78 is 19.4. The maximum atomic E-state index is 12.9. The maximum absolute atomic E-state index is 12.9. The molecule has 1 fully saturated rings. The van der Waals surface area contributed by atoms with Gasteiger partial charge in [-0.05, 0) is 16.6 Å². The number of hydrogen-bond acceptors (Lipinski definition) is 4. The van der Waals surface area contributed by atoms with Gasteiger partial charge in [0.25, 0.3) is 5.56 Å². The molecule has 1 aliphatic heterocycles. The third-order valence-corrected chi connectivity index (χ3v) is 3.37. The summed E-state index contributed by atoms with van der Waals surface area (Å²) in [5.74, 6) is 0. The van der Waals surface area contributed by atoms with Crippen molar-refractivity contribution < 1.29 is 9.13 Å². The van der Waals surface area contributed by atoms with E-state index in [1.165, 1.54) is 17.3 Å². The molecule has 0 unspecified atom stereocenters. The van der Waals surface area contributed by atoms with Crippen LogP contribution in [0, 0.1) is 0 Å². The van der Waals surface area contributed by atoms with E-state index < -0.39 is 36.3 Å². The largest absolute Gasteiger partial charge is 0.351 e. The highest BCUT2D eigenvalue weighted by atomic mass is 79.9. The van der Waals surface area contributed by atoms with Gasteiger partial charge in [-0.15, -0.1) is 0 Å². The van der Waals surface area contributed by atoms with Crippen molar-refractivity contribution in [3.05, 3.63) is 48.0 Å². The summed E-state index contributed by atoms with van der Waals surface area (Å²) in [7, 11) is 0. The molecular weight excluding hydrogens is 349 g/mol. The Morgan fingerprint density at radius 3 is 3.05 bits per heavy atom. The van der Waals surface area contributed by atoms with Gasteiger partial charge in [-0.1, -0.05) is 21.0 Å². The van der Waals surface area contributed by atoms with Crippen LogP contribution >= 0.6 is 15.9 Å². The Morgan fingerprint density at radius 1 is 1.67 bits per heavy atom. The van der Waals surface area contributed by atoms with Crippen molar-refractivity contribution in [3.63, 3.8) is 0 Å². The van der Waals surface area contributed by atoms with Crippen molar-refractivity contribution in [3.8, 4) is 0 Å². The minimum Gasteiger partial charge on any atom is -0.351 e. The molecule has 2 rings (SSSR count). The van der Waals surface area contributed by atoms with E-state index in [-0.39, 0.29) is 12.0 Å². The molecule has 0 bridgehead atoms. The van der Waals surface area contributed by atoms with Crippen LogP contribution in [0.3, 0.4) is 0 Å². The normalized spacial score (nSPS) is 25.1. The number of nitrogens with zero attached hydrogens (tertiary/aromatic N) is 4. The second-order valence-corrected chi connectivity index (χ2v) is 4.86. The number of hydrogen-bond donors (Lipinski definition) is 1. The van der Waals surface area contributed by atoms with Crippen LogP contribution in [0.25, 0.3) is 16.5 Å². The topological polar surface area (TPSA) is 113 Å². The van der Waals surface area contributed by atoms with Gasteiger partial charge in [-0.25, -0.2) is 9.18 Å². The zero-order valence-electron chi connectivity index (χ0n) is 10.6. The van der Waals surface area contributed by atoms with E-state index in [1.807, 2.05) is 0 Å². The van der Waals surface area contributed by atoms with Crippen LogP contribution in [0.1, 0.15) is 18.2 Å². The fourth-order valence-corrected chi connectivity index (χ4v) is 2.40. The van der Waals surface area contributed by atoms with Crippen LogP contribution in [0.2, 0.25) is 0 Å². The Bertz CT molecular complexity index is 709. The Labute approximate surface area is 126 Å². The summed E-state index contributed by atoms with van der Waals surface area (Å²) in [4.78, 5) is 29.7. The van der Waals surface area contributed by atoms with Crippen molar-refractivity contribution in [1.82, 2.24) is 9.55 Å². The average molecular weight is 360 g/mol. The number of halogens is 2. The van der Waals surface area contributed by atoms with E-state index in [2.05, 4.69) is 30.9 Å². The number of aromatic nitrogens is 2. The molecule has 0 saturated carbocycles. The van der Waals surface area contributed by atoms with Crippen LogP contribution in [-0.4, -0.2) is 28.4 Å². The molecule has 0 aromatic carbocycles. The molecular formula is C11H11BrFN5O3. The van der Waals surface area contributed by atoms with Gasteiger partial charge < -0.3 is 4.74 Å². The molecule has 0 amide bonds. The third-order valence-electron chi connectivity index (χ3n) is 3.10. The maximum Gasteiger partial charge on any atom is 0.330 e. The molecule has 3 atom stereocenters. The monoisotopic (exact) mass is 359 g/mol. The Hall–Kier alpha value is -1.90. The highest BCUT2D eigenvalue weighted by Gasteiger charge is 2.36. The number of nitrogens with one attached hydrogen (secondary N) is 1. The van der Waals surface area contributed by atoms with Gasteiger partial charge >= 0.3 is 5.69 Å². The van der Waals surface area contributed by atoms with E-state index in [4.69, 9.17) is 10.3 Å². The Balaban J connectivity index is 2.39. The number of H-pyrrole nitrogens is 1. The lowest BCUT2D eigenvalue weighted by atomic mass is 10.1. The SMILES string of the molecule is [N-]=[N+]=N[C@H]1C[C@H](n2cc(/C=C/Br)c(=O)[nH]c2=O)O[C@@H]1CF. The number of azide groups is 1. The van der Waals surface area contributed by atoms with Gasteiger partial charge in [-0.2, -0.15) is 0 Å². The molecule has 0 spiro atoms. The van der Waals surface area contributed by atoms with Crippen LogP contribution in [0.15, 0.2) is 25.9 Å². The Kier molecular flexibility index (Phi) is 4.94. The molecule has 0 radical (unpaired) electrons. The average Bonchev–Trinajstić information content (AvgIpc) is 2.85. The highest BCUT2D eigenvalue weighted by molar-refractivity contribution is 9.11.